The molecule has 1 N–H and O–H groups in total. The molecule has 0 saturated carbocycles. The molecule has 0 aromatic heterocycles. The maximum atomic E-state index is 14.3. The molecule has 4 heteroatoms. The number of halogens is 1. The standard InChI is InChI=1S/C21H21ClNOP/c1-16-7-3-5-9-20(16)25(24,21-10-6-4-8-17(21)2)23-15-18-11-13-19(22)14-12-18/h3-14H,15H2,1-2H3,(H,23,24)/i15D/t15-/m0/s1. The molecule has 0 fully saturated rings. The van der Waals surface area contributed by atoms with Crippen molar-refractivity contribution < 1.29 is 5.94 Å². The van der Waals surface area contributed by atoms with Crippen molar-refractivity contribution in [1.29, 1.82) is 0 Å². The van der Waals surface area contributed by atoms with Gasteiger partial charge in [-0.25, -0.2) is 0 Å². The summed E-state index contributed by atoms with van der Waals surface area (Å²) in [7, 11) is -3.20. The Labute approximate surface area is 155 Å². The van der Waals surface area contributed by atoms with E-state index in [9.17, 15) is 4.57 Å². The van der Waals surface area contributed by atoms with Gasteiger partial charge in [-0.15, -0.1) is 0 Å². The molecule has 0 spiro atoms. The summed E-state index contributed by atoms with van der Waals surface area (Å²) in [6, 6.07) is 22.3. The Kier molecular flexibility index (Phi) is 5.03. The third kappa shape index (κ3) is 3.88. The molecule has 3 aromatic carbocycles. The number of hydrogen-bond donors (Lipinski definition) is 1. The van der Waals surface area contributed by atoms with E-state index in [0.29, 0.717) is 5.02 Å². The van der Waals surface area contributed by atoms with E-state index in [1.54, 1.807) is 24.3 Å². The molecule has 0 radical (unpaired) electrons. The molecule has 0 aliphatic rings. The molecular formula is C21H21ClNOP. The van der Waals surface area contributed by atoms with Gasteiger partial charge in [0.15, 0.2) is 0 Å². The van der Waals surface area contributed by atoms with Gasteiger partial charge in [0.2, 0.25) is 7.29 Å². The van der Waals surface area contributed by atoms with Crippen LogP contribution in [0.3, 0.4) is 0 Å². The van der Waals surface area contributed by atoms with Gasteiger partial charge in [0.1, 0.15) is 0 Å². The maximum absolute atomic E-state index is 14.3. The normalized spacial score (nSPS) is 13.3. The van der Waals surface area contributed by atoms with Gasteiger partial charge in [0, 0.05) is 23.5 Å². The van der Waals surface area contributed by atoms with E-state index in [0.717, 1.165) is 27.3 Å². The van der Waals surface area contributed by atoms with Gasteiger partial charge >= 0.3 is 0 Å². The molecule has 128 valence electrons. The highest BCUT2D eigenvalue weighted by Crippen LogP contribution is 2.41. The second-order valence-electron chi connectivity index (χ2n) is 6.01. The predicted octanol–water partition coefficient (Wildman–Crippen LogP) is 4.98. The van der Waals surface area contributed by atoms with Crippen molar-refractivity contribution in [2.45, 2.75) is 20.4 Å². The largest absolute Gasteiger partial charge is 0.296 e. The van der Waals surface area contributed by atoms with Crippen molar-refractivity contribution in [3.8, 4) is 0 Å². The predicted molar refractivity (Wildman–Crippen MR) is 108 cm³/mol. The number of benzene rings is 3. The highest BCUT2D eigenvalue weighted by molar-refractivity contribution is 7.77. The summed E-state index contributed by atoms with van der Waals surface area (Å²) in [5.74, 6) is 0. The zero-order valence-electron chi connectivity index (χ0n) is 15.2. The van der Waals surface area contributed by atoms with Crippen molar-refractivity contribution in [1.82, 2.24) is 5.09 Å². The van der Waals surface area contributed by atoms with Crippen LogP contribution in [0.25, 0.3) is 0 Å². The Morgan fingerprint density at radius 1 is 0.880 bits per heavy atom. The van der Waals surface area contributed by atoms with Gasteiger partial charge in [-0.2, -0.15) is 0 Å². The fraction of sp³-hybridized carbons (Fsp3) is 0.143. The summed E-state index contributed by atoms with van der Waals surface area (Å²) in [6.07, 6.45) is 0. The van der Waals surface area contributed by atoms with Gasteiger partial charge in [0.25, 0.3) is 0 Å². The van der Waals surface area contributed by atoms with Crippen molar-refractivity contribution in [3.63, 3.8) is 0 Å². The van der Waals surface area contributed by atoms with E-state index in [1.807, 2.05) is 62.4 Å². The van der Waals surface area contributed by atoms with E-state index < -0.39 is 13.8 Å². The van der Waals surface area contributed by atoms with Crippen LogP contribution in [0.2, 0.25) is 5.02 Å². The average molecular weight is 371 g/mol. The second-order valence-corrected chi connectivity index (χ2v) is 8.88. The topological polar surface area (TPSA) is 29.1 Å². The van der Waals surface area contributed by atoms with Crippen LogP contribution in [0, 0.1) is 13.8 Å². The van der Waals surface area contributed by atoms with Gasteiger partial charge in [-0.3, -0.25) is 9.65 Å². The first-order valence-electron chi connectivity index (χ1n) is 8.67. The lowest BCUT2D eigenvalue weighted by Gasteiger charge is -2.24. The molecule has 3 rings (SSSR count). The average Bonchev–Trinajstić information content (AvgIpc) is 2.62. The van der Waals surface area contributed by atoms with Crippen molar-refractivity contribution in [2.24, 2.45) is 0 Å². The van der Waals surface area contributed by atoms with E-state index in [-0.39, 0.29) is 0 Å². The van der Waals surface area contributed by atoms with E-state index >= 15 is 0 Å². The molecule has 0 bridgehead atoms. The fourth-order valence-electron chi connectivity index (χ4n) is 2.83. The highest BCUT2D eigenvalue weighted by atomic mass is 35.5. The zero-order valence-corrected chi connectivity index (χ0v) is 15.9. The Hall–Kier alpha value is -1.86. The molecule has 0 unspecified atom stereocenters. The fourth-order valence-corrected chi connectivity index (χ4v) is 5.56. The molecule has 0 saturated heterocycles. The van der Waals surface area contributed by atoms with Crippen molar-refractivity contribution >= 4 is 29.5 Å². The van der Waals surface area contributed by atoms with E-state index in [2.05, 4.69) is 5.09 Å². The lowest BCUT2D eigenvalue weighted by molar-refractivity contribution is 0.577. The molecule has 1 atom stereocenters. The number of rotatable bonds is 5. The van der Waals surface area contributed by atoms with Crippen LogP contribution in [0.15, 0.2) is 72.8 Å². The number of hydrogen-bond acceptors (Lipinski definition) is 1. The minimum atomic E-state index is -3.20. The highest BCUT2D eigenvalue weighted by Gasteiger charge is 2.29. The summed E-state index contributed by atoms with van der Waals surface area (Å²) in [5, 5.41) is 5.21. The molecule has 0 aliphatic heterocycles. The van der Waals surface area contributed by atoms with Crippen molar-refractivity contribution in [2.75, 3.05) is 0 Å². The second kappa shape index (κ2) is 7.58. The Balaban J connectivity index is 2.10. The van der Waals surface area contributed by atoms with Crippen molar-refractivity contribution in [3.05, 3.63) is 94.5 Å². The summed E-state index contributed by atoms with van der Waals surface area (Å²) in [4.78, 5) is 0. The summed E-state index contributed by atoms with van der Waals surface area (Å²) in [5.41, 5.74) is 2.60. The minimum absolute atomic E-state index is 0.613. The van der Waals surface area contributed by atoms with Crippen LogP contribution in [-0.4, -0.2) is 0 Å². The first-order valence-corrected chi connectivity index (χ1v) is 10.2. The van der Waals surface area contributed by atoms with Gasteiger partial charge in [-0.05, 0) is 54.8 Å². The molecule has 0 heterocycles. The maximum Gasteiger partial charge on any atom is 0.205 e. The zero-order chi connectivity index (χ0) is 18.7. The first kappa shape index (κ1) is 16.6. The Bertz CT molecular complexity index is 909. The van der Waals surface area contributed by atoms with Crippen LogP contribution in [0.1, 0.15) is 18.1 Å². The molecule has 0 aliphatic carbocycles. The summed E-state index contributed by atoms with van der Waals surface area (Å²) >= 11 is 5.95. The van der Waals surface area contributed by atoms with E-state index in [1.165, 1.54) is 0 Å². The first-order chi connectivity index (χ1) is 12.4. The number of nitrogens with one attached hydrogen (secondary N) is 1. The molecule has 2 nitrogen and oxygen atoms in total. The van der Waals surface area contributed by atoms with Crippen LogP contribution in [-0.2, 0) is 11.1 Å². The van der Waals surface area contributed by atoms with Crippen LogP contribution < -0.4 is 15.7 Å². The molecule has 3 aromatic rings. The quantitative estimate of drug-likeness (QED) is 0.642. The lowest BCUT2D eigenvalue weighted by Crippen LogP contribution is -2.30. The van der Waals surface area contributed by atoms with Crippen LogP contribution in [0.5, 0.6) is 0 Å². The lowest BCUT2D eigenvalue weighted by atomic mass is 10.2. The number of aryl methyl sites for hydroxylation is 2. The molecule has 25 heavy (non-hydrogen) atoms. The molecule has 0 amide bonds. The Morgan fingerprint density at radius 3 is 1.84 bits per heavy atom. The van der Waals surface area contributed by atoms with Gasteiger partial charge in [-0.1, -0.05) is 60.1 Å². The van der Waals surface area contributed by atoms with Crippen LogP contribution >= 0.6 is 18.9 Å². The van der Waals surface area contributed by atoms with Gasteiger partial charge in [0.05, 0.1) is 0 Å². The van der Waals surface area contributed by atoms with Crippen LogP contribution in [0.4, 0.5) is 0 Å². The Morgan fingerprint density at radius 2 is 1.36 bits per heavy atom. The van der Waals surface area contributed by atoms with Gasteiger partial charge < -0.3 is 0 Å². The monoisotopic (exact) mass is 370 g/mol. The smallest absolute Gasteiger partial charge is 0.205 e. The third-order valence-electron chi connectivity index (χ3n) is 4.19. The van der Waals surface area contributed by atoms with E-state index in [4.69, 9.17) is 13.0 Å². The third-order valence-corrected chi connectivity index (χ3v) is 7.30. The summed E-state index contributed by atoms with van der Waals surface area (Å²) in [6.45, 7) is 3.06. The SMILES string of the molecule is [2H][C@H](NP(=O)(c1ccccc1C)c1ccccc1C)c1ccc(Cl)cc1. The summed E-state index contributed by atoms with van der Waals surface area (Å²) < 4.78 is 22.8. The molecular weight excluding hydrogens is 349 g/mol. The minimum Gasteiger partial charge on any atom is -0.296 e.